The molecular formula is C54H54N10O10. The number of aromatic nitrogens is 4. The standard InChI is InChI=1S/C27H25N5O4.C15H17N3O4.C12H12N2O2/c1-27(2,3)22-15-23(31-35-22)29-26(33)28-17-11-9-16(10-12-17)25-30-24(32-36-25)20-13-14-21(34-4)19-8-6-5-7-18(19)20;1-15(2,3)11-8-12(18-22-11)17-14(21)16-10-6-4-9(5-7-10)13(19)20;1-16-11-7-6-10(12(13)14-15)8-4-2-3-5-9(8)11/h5-15H,1-4H3,(H2,28,29,31,33);4-8H,1-3H3,(H,19,20)(H2,16,17,18,21);2-7,15H,1H3,(H2,13,14). The van der Waals surface area contributed by atoms with Crippen molar-refractivity contribution in [1.29, 1.82) is 0 Å². The summed E-state index contributed by atoms with van der Waals surface area (Å²) in [6.07, 6.45) is 0. The number of aromatic carboxylic acids is 1. The minimum atomic E-state index is -1.02. The molecule has 6 aromatic carbocycles. The Balaban J connectivity index is 0.000000179. The van der Waals surface area contributed by atoms with Gasteiger partial charge in [0.25, 0.3) is 5.89 Å². The Bertz CT molecular complexity index is 3440. The smallest absolute Gasteiger partial charge is 0.335 e. The number of anilines is 4. The van der Waals surface area contributed by atoms with E-state index in [0.717, 1.165) is 44.2 Å². The summed E-state index contributed by atoms with van der Waals surface area (Å²) in [6, 6.07) is 38.3. The molecule has 74 heavy (non-hydrogen) atoms. The number of carboxylic acids is 1. The van der Waals surface area contributed by atoms with Crippen LogP contribution in [0.25, 0.3) is 44.4 Å². The van der Waals surface area contributed by atoms with Gasteiger partial charge in [0.15, 0.2) is 17.5 Å². The zero-order chi connectivity index (χ0) is 53.2. The van der Waals surface area contributed by atoms with Gasteiger partial charge in [0.2, 0.25) is 5.82 Å². The van der Waals surface area contributed by atoms with Crippen LogP contribution in [0.3, 0.4) is 0 Å². The maximum absolute atomic E-state index is 12.4. The first-order chi connectivity index (χ1) is 35.3. The van der Waals surface area contributed by atoms with E-state index in [4.69, 9.17) is 39.1 Å². The number of carbonyl (C=O) groups excluding carboxylic acids is 2. The zero-order valence-corrected chi connectivity index (χ0v) is 41.7. The fourth-order valence-electron chi connectivity index (χ4n) is 7.15. The van der Waals surface area contributed by atoms with Gasteiger partial charge in [0.05, 0.1) is 19.8 Å². The maximum Gasteiger partial charge on any atom is 0.335 e. The van der Waals surface area contributed by atoms with Gasteiger partial charge in [-0.3, -0.25) is 10.6 Å². The molecule has 20 nitrogen and oxygen atoms in total. The highest BCUT2D eigenvalue weighted by Gasteiger charge is 2.22. The van der Waals surface area contributed by atoms with Crippen LogP contribution in [-0.4, -0.2) is 68.9 Å². The van der Waals surface area contributed by atoms with Gasteiger partial charge >= 0.3 is 18.0 Å². The highest BCUT2D eigenvalue weighted by molar-refractivity contribution is 6.10. The van der Waals surface area contributed by atoms with Crippen molar-refractivity contribution in [3.8, 4) is 34.3 Å². The molecule has 0 aliphatic rings. The van der Waals surface area contributed by atoms with Crippen molar-refractivity contribution in [1.82, 2.24) is 20.5 Å². The highest BCUT2D eigenvalue weighted by atomic mass is 16.5. The second kappa shape index (κ2) is 22.6. The number of benzene rings is 6. The molecule has 0 unspecified atom stereocenters. The van der Waals surface area contributed by atoms with Gasteiger partial charge in [0, 0.05) is 61.8 Å². The molecule has 8 N–H and O–H groups in total. The van der Waals surface area contributed by atoms with Crippen LogP contribution in [0, 0.1) is 0 Å². The van der Waals surface area contributed by atoms with Crippen molar-refractivity contribution >= 4 is 68.4 Å². The van der Waals surface area contributed by atoms with Gasteiger partial charge in [-0.15, -0.1) is 0 Å². The van der Waals surface area contributed by atoms with E-state index in [9.17, 15) is 14.4 Å². The first-order valence-corrected chi connectivity index (χ1v) is 22.8. The van der Waals surface area contributed by atoms with Gasteiger partial charge in [-0.25, -0.2) is 14.4 Å². The van der Waals surface area contributed by atoms with E-state index in [1.165, 1.54) is 24.3 Å². The Morgan fingerprint density at radius 3 is 1.53 bits per heavy atom. The third kappa shape index (κ3) is 12.8. The topological polar surface area (TPSA) is 288 Å². The SMILES string of the molecule is CC(C)(C)c1cc(NC(=O)Nc2ccc(C(=O)O)cc2)no1.COc1ccc(-c2noc(-c3ccc(NC(=O)Nc4cc(C(C)(C)C)on4)cc3)n2)c2ccccc12.COc1ccc(/C(N)=N\O)c2ccccc12. The van der Waals surface area contributed by atoms with Crippen LogP contribution >= 0.6 is 0 Å². The van der Waals surface area contributed by atoms with Gasteiger partial charge in [0.1, 0.15) is 23.0 Å². The van der Waals surface area contributed by atoms with Crippen molar-refractivity contribution in [2.45, 2.75) is 52.4 Å². The molecule has 0 atom stereocenters. The molecule has 0 aliphatic carbocycles. The van der Waals surface area contributed by atoms with Crippen LogP contribution in [0.2, 0.25) is 0 Å². The lowest BCUT2D eigenvalue weighted by molar-refractivity contribution is 0.0696. The van der Waals surface area contributed by atoms with Gasteiger partial charge in [-0.2, -0.15) is 4.98 Å². The zero-order valence-electron chi connectivity index (χ0n) is 41.7. The fraction of sp³-hybridized carbons (Fsp3) is 0.185. The molecule has 380 valence electrons. The van der Waals surface area contributed by atoms with Crippen LogP contribution in [0.5, 0.6) is 11.5 Å². The molecule has 3 heterocycles. The fourth-order valence-corrected chi connectivity index (χ4v) is 7.15. The molecule has 0 fully saturated rings. The molecular weight excluding hydrogens is 949 g/mol. The minimum absolute atomic E-state index is 0.0962. The Labute approximate surface area is 424 Å². The van der Waals surface area contributed by atoms with Crippen molar-refractivity contribution in [3.05, 3.63) is 156 Å². The number of carbonyl (C=O) groups is 3. The largest absolute Gasteiger partial charge is 0.496 e. The molecule has 0 bridgehead atoms. The average molecular weight is 1000 g/mol. The predicted octanol–water partition coefficient (Wildman–Crippen LogP) is 11.8. The number of urea groups is 2. The van der Waals surface area contributed by atoms with Gasteiger partial charge in [-0.05, 0) is 83.6 Å². The molecule has 3 aromatic heterocycles. The number of ether oxygens (including phenoxy) is 2. The van der Waals surface area contributed by atoms with Crippen molar-refractivity contribution in [2.24, 2.45) is 10.9 Å². The Hall–Kier alpha value is -9.72. The number of amidine groups is 1. The van der Waals surface area contributed by atoms with Crippen molar-refractivity contribution in [2.75, 3.05) is 35.5 Å². The lowest BCUT2D eigenvalue weighted by Gasteiger charge is -2.12. The average Bonchev–Trinajstić information content (AvgIpc) is 4.19. The third-order valence-corrected chi connectivity index (χ3v) is 11.0. The second-order valence-corrected chi connectivity index (χ2v) is 18.4. The molecule has 0 spiro atoms. The van der Waals surface area contributed by atoms with Gasteiger partial charge < -0.3 is 49.7 Å². The number of hydrogen-bond acceptors (Lipinski definition) is 14. The van der Waals surface area contributed by atoms with Crippen molar-refractivity contribution < 1.29 is 47.7 Å². The monoisotopic (exact) mass is 1000 g/mol. The molecule has 0 saturated carbocycles. The summed E-state index contributed by atoms with van der Waals surface area (Å²) in [4.78, 5) is 39.5. The van der Waals surface area contributed by atoms with E-state index < -0.39 is 18.0 Å². The summed E-state index contributed by atoms with van der Waals surface area (Å²) in [7, 11) is 3.26. The molecule has 0 saturated heterocycles. The number of nitrogens with one attached hydrogen (secondary N) is 4. The van der Waals surface area contributed by atoms with Crippen LogP contribution < -0.4 is 36.5 Å². The first-order valence-electron chi connectivity index (χ1n) is 22.8. The van der Waals surface area contributed by atoms with E-state index in [-0.39, 0.29) is 22.2 Å². The van der Waals surface area contributed by atoms with Crippen LogP contribution in [-0.2, 0) is 10.8 Å². The summed E-state index contributed by atoms with van der Waals surface area (Å²) in [5.74, 6) is 3.48. The van der Waals surface area contributed by atoms with E-state index >= 15 is 0 Å². The number of methoxy groups -OCH3 is 2. The number of rotatable bonds is 10. The van der Waals surface area contributed by atoms with Crippen LogP contribution in [0.15, 0.2) is 152 Å². The summed E-state index contributed by atoms with van der Waals surface area (Å²) in [5.41, 5.74) is 8.70. The lowest BCUT2D eigenvalue weighted by atomic mass is 9.93. The Morgan fingerprint density at radius 1 is 0.581 bits per heavy atom. The van der Waals surface area contributed by atoms with E-state index in [0.29, 0.717) is 51.8 Å². The molecule has 20 heteroatoms. The second-order valence-electron chi connectivity index (χ2n) is 18.4. The third-order valence-electron chi connectivity index (χ3n) is 11.0. The highest BCUT2D eigenvalue weighted by Crippen LogP contribution is 2.35. The minimum Gasteiger partial charge on any atom is -0.496 e. The van der Waals surface area contributed by atoms with Gasteiger partial charge in [-0.1, -0.05) is 111 Å². The van der Waals surface area contributed by atoms with Crippen molar-refractivity contribution in [3.63, 3.8) is 0 Å². The van der Waals surface area contributed by atoms with Crippen LogP contribution in [0.1, 0.15) is 69.0 Å². The Morgan fingerprint density at radius 2 is 1.05 bits per heavy atom. The molecule has 4 amide bonds. The maximum atomic E-state index is 12.4. The van der Waals surface area contributed by atoms with E-state index in [1.807, 2.05) is 102 Å². The normalized spacial score (nSPS) is 11.4. The number of amides is 4. The van der Waals surface area contributed by atoms with E-state index in [2.05, 4.69) is 46.9 Å². The molecule has 0 aliphatic heterocycles. The van der Waals surface area contributed by atoms with Crippen LogP contribution in [0.4, 0.5) is 32.6 Å². The summed E-state index contributed by atoms with van der Waals surface area (Å²) >= 11 is 0. The summed E-state index contributed by atoms with van der Waals surface area (Å²) in [6.45, 7) is 11.9. The number of carboxylic acid groups (broad SMARTS) is 1. The van der Waals surface area contributed by atoms with E-state index in [1.54, 1.807) is 62.8 Å². The number of nitrogens with two attached hydrogens (primary N) is 1. The quantitative estimate of drug-likeness (QED) is 0.0290. The molecule has 9 rings (SSSR count). The summed E-state index contributed by atoms with van der Waals surface area (Å²) < 4.78 is 26.7. The predicted molar refractivity (Wildman–Crippen MR) is 281 cm³/mol. The lowest BCUT2D eigenvalue weighted by Crippen LogP contribution is -2.19. The molecule has 0 radical (unpaired) electrons. The number of oxime groups is 1. The number of nitrogens with zero attached hydrogens (tertiary/aromatic N) is 5. The number of hydrogen-bond donors (Lipinski definition) is 7. The first kappa shape index (κ1) is 52.1. The summed E-state index contributed by atoms with van der Waals surface area (Å²) in [5, 5.41) is 46.7. The number of fused-ring (bicyclic) bond motifs is 2. The Kier molecular flexibility index (Phi) is 15.9. The molecule has 9 aromatic rings.